The summed E-state index contributed by atoms with van der Waals surface area (Å²) in [5.41, 5.74) is 0.177. The SMILES string of the molecule is C=C(C)C(=O)OC(CCC(CC(=O)NCCC[Si](OCC)(OCC)OCC)C(=O)O)OC(=O)C(=C)C. The molecule has 2 N–H and O–H groups in total. The Hall–Kier alpha value is -2.54. The van der Waals surface area contributed by atoms with Gasteiger partial charge in [0, 0.05) is 56.4 Å². The molecule has 0 saturated heterocycles. The van der Waals surface area contributed by atoms with Crippen molar-refractivity contribution < 1.29 is 47.0 Å². The standard InChI is InChI=1S/C24H41NO10Si/c1-8-31-36(32-9-2,33-10-3)15-11-14-25-20(26)16-19(22(27)28)12-13-21(34-23(29)17(4)5)35-24(30)18(6)7/h19,21H,4,6,8-16H2,1-3,5,7H3,(H,25,26)(H,27,28). The average Bonchev–Trinajstić information content (AvgIpc) is 2.79. The van der Waals surface area contributed by atoms with Crippen LogP contribution in [0.25, 0.3) is 0 Å². The highest BCUT2D eigenvalue weighted by atomic mass is 28.4. The van der Waals surface area contributed by atoms with Crippen LogP contribution >= 0.6 is 0 Å². The van der Waals surface area contributed by atoms with Gasteiger partial charge in [-0.3, -0.25) is 9.59 Å². The third-order valence-corrected chi connectivity index (χ3v) is 7.93. The lowest BCUT2D eigenvalue weighted by molar-refractivity contribution is -0.184. The molecule has 0 aliphatic rings. The van der Waals surface area contributed by atoms with E-state index in [1.807, 2.05) is 20.8 Å². The van der Waals surface area contributed by atoms with Crippen LogP contribution in [0.4, 0.5) is 0 Å². The van der Waals surface area contributed by atoms with Gasteiger partial charge in [0.15, 0.2) is 0 Å². The number of carbonyl (C=O) groups excluding carboxylic acids is 3. The second kappa shape index (κ2) is 17.8. The fourth-order valence-electron chi connectivity index (χ4n) is 3.06. The van der Waals surface area contributed by atoms with E-state index in [9.17, 15) is 24.3 Å². The van der Waals surface area contributed by atoms with E-state index in [0.29, 0.717) is 38.8 Å². The topological polar surface area (TPSA) is 147 Å². The first-order valence-electron chi connectivity index (χ1n) is 12.1. The first kappa shape index (κ1) is 33.5. The van der Waals surface area contributed by atoms with Gasteiger partial charge < -0.3 is 33.2 Å². The number of carboxylic acids is 1. The fraction of sp³-hybridized carbons (Fsp3) is 0.667. The van der Waals surface area contributed by atoms with Crippen LogP contribution in [-0.2, 0) is 41.9 Å². The number of amides is 1. The summed E-state index contributed by atoms with van der Waals surface area (Å²) in [6.45, 7) is 17.0. The third kappa shape index (κ3) is 13.5. The molecular formula is C24H41NO10Si. The Kier molecular flexibility index (Phi) is 16.6. The zero-order valence-corrected chi connectivity index (χ0v) is 23.1. The van der Waals surface area contributed by atoms with Gasteiger partial charge in [-0.1, -0.05) is 13.2 Å². The number of ether oxygens (including phenoxy) is 2. The van der Waals surface area contributed by atoms with E-state index >= 15 is 0 Å². The maximum absolute atomic E-state index is 12.4. The van der Waals surface area contributed by atoms with Crippen molar-refractivity contribution in [2.24, 2.45) is 5.92 Å². The quantitative estimate of drug-likeness (QED) is 0.0790. The Bertz CT molecular complexity index is 725. The molecule has 0 aliphatic carbocycles. The molecule has 0 rings (SSSR count). The fourth-order valence-corrected chi connectivity index (χ4v) is 5.67. The third-order valence-electron chi connectivity index (χ3n) is 4.78. The minimum Gasteiger partial charge on any atom is -0.481 e. The van der Waals surface area contributed by atoms with Crippen LogP contribution in [0.3, 0.4) is 0 Å². The number of aliphatic carboxylic acids is 1. The molecule has 0 saturated carbocycles. The lowest BCUT2D eigenvalue weighted by Crippen LogP contribution is -2.46. The molecule has 11 nitrogen and oxygen atoms in total. The molecule has 0 fully saturated rings. The highest BCUT2D eigenvalue weighted by Crippen LogP contribution is 2.19. The van der Waals surface area contributed by atoms with E-state index in [2.05, 4.69) is 18.5 Å². The molecule has 1 atom stereocenters. The van der Waals surface area contributed by atoms with Gasteiger partial charge in [-0.15, -0.1) is 0 Å². The molecule has 1 amide bonds. The predicted molar refractivity (Wildman–Crippen MR) is 134 cm³/mol. The Labute approximate surface area is 214 Å². The average molecular weight is 532 g/mol. The van der Waals surface area contributed by atoms with Crippen molar-refractivity contribution in [3.63, 3.8) is 0 Å². The van der Waals surface area contributed by atoms with Crippen molar-refractivity contribution in [3.05, 3.63) is 24.3 Å². The lowest BCUT2D eigenvalue weighted by Gasteiger charge is -2.28. The zero-order valence-electron chi connectivity index (χ0n) is 22.1. The van der Waals surface area contributed by atoms with Crippen molar-refractivity contribution >= 4 is 32.6 Å². The van der Waals surface area contributed by atoms with Crippen molar-refractivity contribution in [1.29, 1.82) is 0 Å². The molecule has 0 spiro atoms. The minimum atomic E-state index is -2.83. The van der Waals surface area contributed by atoms with Gasteiger partial charge >= 0.3 is 26.7 Å². The smallest absolute Gasteiger partial charge is 0.481 e. The molecule has 0 heterocycles. The summed E-state index contributed by atoms with van der Waals surface area (Å²) in [5, 5.41) is 12.3. The van der Waals surface area contributed by atoms with Gasteiger partial charge in [0.1, 0.15) is 0 Å². The first-order chi connectivity index (χ1) is 16.9. The first-order valence-corrected chi connectivity index (χ1v) is 14.0. The van der Waals surface area contributed by atoms with Crippen LogP contribution in [0.15, 0.2) is 24.3 Å². The zero-order chi connectivity index (χ0) is 27.7. The van der Waals surface area contributed by atoms with E-state index in [-0.39, 0.29) is 30.4 Å². The van der Waals surface area contributed by atoms with Gasteiger partial charge in [-0.2, -0.15) is 0 Å². The summed E-state index contributed by atoms with van der Waals surface area (Å²) in [7, 11) is -2.83. The van der Waals surface area contributed by atoms with Crippen LogP contribution in [-0.4, -0.2) is 70.4 Å². The van der Waals surface area contributed by atoms with Gasteiger partial charge in [-0.25, -0.2) is 9.59 Å². The number of rotatable bonds is 20. The number of nitrogens with one attached hydrogen (secondary N) is 1. The van der Waals surface area contributed by atoms with Crippen molar-refractivity contribution in [1.82, 2.24) is 5.32 Å². The van der Waals surface area contributed by atoms with Crippen LogP contribution in [0.5, 0.6) is 0 Å². The van der Waals surface area contributed by atoms with Gasteiger partial charge in [0.2, 0.25) is 12.2 Å². The van der Waals surface area contributed by atoms with Crippen LogP contribution < -0.4 is 5.32 Å². The number of esters is 2. The molecule has 36 heavy (non-hydrogen) atoms. The lowest BCUT2D eigenvalue weighted by atomic mass is 9.99. The summed E-state index contributed by atoms with van der Waals surface area (Å²) in [6.07, 6.45) is -1.29. The van der Waals surface area contributed by atoms with Gasteiger partial charge in [-0.05, 0) is 47.5 Å². The molecule has 1 unspecified atom stereocenters. The summed E-state index contributed by atoms with van der Waals surface area (Å²) in [4.78, 5) is 47.8. The molecule has 0 aromatic heterocycles. The van der Waals surface area contributed by atoms with Crippen LogP contribution in [0, 0.1) is 5.92 Å². The van der Waals surface area contributed by atoms with E-state index < -0.39 is 44.8 Å². The molecule has 0 radical (unpaired) electrons. The van der Waals surface area contributed by atoms with Crippen LogP contribution in [0.2, 0.25) is 6.04 Å². The Morgan fingerprint density at radius 2 is 1.33 bits per heavy atom. The largest absolute Gasteiger partial charge is 0.500 e. The summed E-state index contributed by atoms with van der Waals surface area (Å²) < 4.78 is 27.5. The molecular weight excluding hydrogens is 490 g/mol. The van der Waals surface area contributed by atoms with Crippen molar-refractivity contribution in [2.75, 3.05) is 26.4 Å². The monoisotopic (exact) mass is 531 g/mol. The maximum atomic E-state index is 12.4. The summed E-state index contributed by atoms with van der Waals surface area (Å²) in [5.74, 6) is -4.30. The molecule has 206 valence electrons. The highest BCUT2D eigenvalue weighted by molar-refractivity contribution is 6.60. The van der Waals surface area contributed by atoms with E-state index in [4.69, 9.17) is 22.8 Å². The highest BCUT2D eigenvalue weighted by Gasteiger charge is 2.39. The van der Waals surface area contributed by atoms with E-state index in [1.165, 1.54) is 13.8 Å². The van der Waals surface area contributed by atoms with Gasteiger partial charge in [0.25, 0.3) is 0 Å². The Morgan fingerprint density at radius 3 is 1.72 bits per heavy atom. The molecule has 0 aromatic rings. The number of hydrogen-bond acceptors (Lipinski definition) is 9. The number of carboxylic acid groups (broad SMARTS) is 1. The van der Waals surface area contributed by atoms with Crippen LogP contribution in [0.1, 0.15) is 60.3 Å². The summed E-state index contributed by atoms with van der Waals surface area (Å²) in [6, 6.07) is 0.509. The molecule has 0 aliphatic heterocycles. The molecule has 0 bridgehead atoms. The molecule has 12 heteroatoms. The number of hydrogen-bond donors (Lipinski definition) is 2. The second-order valence-electron chi connectivity index (χ2n) is 8.05. The van der Waals surface area contributed by atoms with Gasteiger partial charge in [0.05, 0.1) is 5.92 Å². The second-order valence-corrected chi connectivity index (χ2v) is 10.8. The van der Waals surface area contributed by atoms with Crippen molar-refractivity contribution in [3.8, 4) is 0 Å². The number of carbonyl (C=O) groups is 4. The van der Waals surface area contributed by atoms with E-state index in [1.54, 1.807) is 0 Å². The van der Waals surface area contributed by atoms with E-state index in [0.717, 1.165) is 0 Å². The maximum Gasteiger partial charge on any atom is 0.500 e. The molecule has 0 aromatic carbocycles. The Balaban J connectivity index is 4.93. The Morgan fingerprint density at radius 1 is 0.861 bits per heavy atom. The summed E-state index contributed by atoms with van der Waals surface area (Å²) >= 11 is 0. The van der Waals surface area contributed by atoms with Crippen molar-refractivity contribution in [2.45, 2.75) is 72.6 Å². The normalized spacial score (nSPS) is 12.1. The predicted octanol–water partition coefficient (Wildman–Crippen LogP) is 2.98. The minimum absolute atomic E-state index is 0.0740.